The Morgan fingerprint density at radius 3 is 2.61 bits per heavy atom. The summed E-state index contributed by atoms with van der Waals surface area (Å²) < 4.78 is 23.3. The molecule has 0 aliphatic carbocycles. The molecule has 0 radical (unpaired) electrons. The van der Waals surface area contributed by atoms with Gasteiger partial charge in [0.25, 0.3) is 0 Å². The molecule has 0 bridgehead atoms. The molecule has 0 saturated carbocycles. The van der Waals surface area contributed by atoms with Gasteiger partial charge in [0, 0.05) is 39.5 Å². The van der Waals surface area contributed by atoms with Crippen molar-refractivity contribution in [3.05, 3.63) is 66.5 Å². The predicted octanol–water partition coefficient (Wildman–Crippen LogP) is 5.01. The summed E-state index contributed by atoms with van der Waals surface area (Å²) in [5, 5.41) is 23.4. The highest BCUT2D eigenvalue weighted by atomic mass is 19.1. The fraction of sp³-hybridized carbons (Fsp3) is 0.296. The van der Waals surface area contributed by atoms with Gasteiger partial charge in [0.2, 0.25) is 0 Å². The van der Waals surface area contributed by atoms with Crippen molar-refractivity contribution >= 4 is 27.8 Å². The Bertz CT molecular complexity index is 1620. The van der Waals surface area contributed by atoms with Crippen LogP contribution in [0.1, 0.15) is 32.9 Å². The predicted molar refractivity (Wildman–Crippen MR) is 134 cm³/mol. The van der Waals surface area contributed by atoms with E-state index in [9.17, 15) is 14.3 Å². The van der Waals surface area contributed by atoms with E-state index in [0.29, 0.717) is 13.2 Å². The van der Waals surface area contributed by atoms with Crippen LogP contribution >= 0.6 is 0 Å². The Morgan fingerprint density at radius 2 is 1.97 bits per heavy atom. The Morgan fingerprint density at radius 1 is 1.22 bits per heavy atom. The minimum absolute atomic E-state index is 0.265. The first kappa shape index (κ1) is 22.5. The summed E-state index contributed by atoms with van der Waals surface area (Å²) in [7, 11) is 0. The average Bonchev–Trinajstić information content (AvgIpc) is 3.55. The van der Waals surface area contributed by atoms with Gasteiger partial charge in [-0.25, -0.2) is 9.18 Å². The lowest BCUT2D eigenvalue weighted by Crippen LogP contribution is -2.47. The van der Waals surface area contributed by atoms with Crippen molar-refractivity contribution in [2.24, 2.45) is 0 Å². The van der Waals surface area contributed by atoms with Crippen LogP contribution in [0.15, 0.2) is 55.0 Å². The molecule has 1 aliphatic heterocycles. The van der Waals surface area contributed by atoms with Crippen molar-refractivity contribution in [3.63, 3.8) is 0 Å². The maximum atomic E-state index is 13.9. The number of H-pyrrole nitrogens is 1. The lowest BCUT2D eigenvalue weighted by atomic mass is 9.77. The number of fused-ring (bicyclic) bond motifs is 2. The van der Waals surface area contributed by atoms with Gasteiger partial charge in [-0.05, 0) is 56.7 Å². The summed E-state index contributed by atoms with van der Waals surface area (Å²) in [4.78, 5) is 11.9. The number of hydrogen-bond acceptors (Lipinski definition) is 4. The summed E-state index contributed by atoms with van der Waals surface area (Å²) >= 11 is 0. The van der Waals surface area contributed by atoms with Gasteiger partial charge in [0.1, 0.15) is 5.82 Å². The summed E-state index contributed by atoms with van der Waals surface area (Å²) in [6, 6.07) is 10.6. The zero-order chi connectivity index (χ0) is 25.2. The molecule has 2 N–H and O–H groups in total. The first-order valence-electron chi connectivity index (χ1n) is 11.9. The lowest BCUT2D eigenvalue weighted by molar-refractivity contribution is -0.146. The summed E-state index contributed by atoms with van der Waals surface area (Å²) in [5.41, 5.74) is 4.01. The van der Waals surface area contributed by atoms with Crippen molar-refractivity contribution in [2.75, 3.05) is 13.2 Å². The topological polar surface area (TPSA) is 98.0 Å². The molecule has 184 valence electrons. The largest absolute Gasteiger partial charge is 0.479 e. The lowest BCUT2D eigenvalue weighted by Gasteiger charge is -2.42. The summed E-state index contributed by atoms with van der Waals surface area (Å²) in [5.74, 6) is -1.27. The number of nitrogens with one attached hydrogen (secondary N) is 1. The van der Waals surface area contributed by atoms with E-state index in [-0.39, 0.29) is 11.2 Å². The van der Waals surface area contributed by atoms with E-state index in [1.54, 1.807) is 44.6 Å². The monoisotopic (exact) mass is 487 g/mol. The number of ether oxygens (including phenoxy) is 1. The number of hydrogen-bond donors (Lipinski definition) is 2. The van der Waals surface area contributed by atoms with Crippen LogP contribution in [0.25, 0.3) is 38.6 Å². The molecule has 1 fully saturated rings. The van der Waals surface area contributed by atoms with E-state index < -0.39 is 11.5 Å². The highest BCUT2D eigenvalue weighted by molar-refractivity contribution is 6.06. The van der Waals surface area contributed by atoms with Crippen molar-refractivity contribution in [1.82, 2.24) is 24.5 Å². The normalized spacial score (nSPS) is 15.4. The van der Waals surface area contributed by atoms with Crippen LogP contribution < -0.4 is 0 Å². The standard InChI is InChI=1S/C27H26FN5O3/c1-4-27(14-36-15-27)24-23(17-12-30-32(13-17)26(2,3)25(34)35)20-10-21-16(11-29-31-21)9-22(20)33(24)19-7-5-18(28)6-8-19/h5-13H,4,14-15H2,1-3H3,(H,29,31)(H,34,35). The van der Waals surface area contributed by atoms with Crippen LogP contribution in [-0.4, -0.2) is 48.8 Å². The van der Waals surface area contributed by atoms with Gasteiger partial charge in [-0.3, -0.25) is 9.78 Å². The molecule has 0 atom stereocenters. The van der Waals surface area contributed by atoms with Gasteiger partial charge in [0.05, 0.1) is 42.1 Å². The number of nitrogens with zero attached hydrogens (tertiary/aromatic N) is 4. The third kappa shape index (κ3) is 3.12. The van der Waals surface area contributed by atoms with Gasteiger partial charge in [-0.1, -0.05) is 6.92 Å². The quantitative estimate of drug-likeness (QED) is 0.351. The SMILES string of the molecule is CCC1(c2c(-c3cnn(C(C)(C)C(=O)O)c3)c3cc4[nH]ncc4cc3n2-c2ccc(F)cc2)COC1. The van der Waals surface area contributed by atoms with Gasteiger partial charge in [-0.15, -0.1) is 0 Å². The molecule has 6 rings (SSSR count). The van der Waals surface area contributed by atoms with E-state index >= 15 is 0 Å². The van der Waals surface area contributed by atoms with E-state index in [1.165, 1.54) is 16.8 Å². The minimum atomic E-state index is -1.22. The van der Waals surface area contributed by atoms with E-state index in [1.807, 2.05) is 0 Å². The van der Waals surface area contributed by atoms with E-state index in [0.717, 1.165) is 50.7 Å². The molecule has 9 heteroatoms. The van der Waals surface area contributed by atoms with Crippen molar-refractivity contribution in [1.29, 1.82) is 0 Å². The first-order chi connectivity index (χ1) is 17.2. The molecule has 1 aliphatic rings. The zero-order valence-electron chi connectivity index (χ0n) is 20.2. The minimum Gasteiger partial charge on any atom is -0.479 e. The molecule has 1 saturated heterocycles. The van der Waals surface area contributed by atoms with Gasteiger partial charge < -0.3 is 14.4 Å². The summed E-state index contributed by atoms with van der Waals surface area (Å²) in [6.45, 7) is 6.50. The Hall–Kier alpha value is -3.98. The Balaban J connectivity index is 1.73. The second kappa shape index (κ2) is 7.76. The molecule has 2 aromatic carbocycles. The first-order valence-corrected chi connectivity index (χ1v) is 11.9. The number of aromatic amines is 1. The highest BCUT2D eigenvalue weighted by Gasteiger charge is 2.44. The molecule has 3 aromatic heterocycles. The maximum Gasteiger partial charge on any atom is 0.331 e. The van der Waals surface area contributed by atoms with E-state index in [4.69, 9.17) is 4.74 Å². The van der Waals surface area contributed by atoms with Crippen molar-refractivity contribution in [2.45, 2.75) is 38.1 Å². The molecule has 36 heavy (non-hydrogen) atoms. The number of aromatic nitrogens is 5. The fourth-order valence-electron chi connectivity index (χ4n) is 5.09. The molecule has 5 aromatic rings. The number of benzene rings is 2. The van der Waals surface area contributed by atoms with Crippen LogP contribution in [0, 0.1) is 5.82 Å². The molecule has 0 spiro atoms. The molecular weight excluding hydrogens is 461 g/mol. The molecule has 4 heterocycles. The van der Waals surface area contributed by atoms with Crippen LogP contribution in [0.3, 0.4) is 0 Å². The number of carboxylic acids is 1. The number of rotatable bonds is 6. The van der Waals surface area contributed by atoms with Crippen LogP contribution in [0.4, 0.5) is 4.39 Å². The van der Waals surface area contributed by atoms with E-state index in [2.05, 4.69) is 38.9 Å². The molecular formula is C27H26FN5O3. The average molecular weight is 488 g/mol. The van der Waals surface area contributed by atoms with Gasteiger partial charge in [-0.2, -0.15) is 10.2 Å². The number of halogens is 1. The third-order valence-electron chi connectivity index (χ3n) is 7.52. The smallest absolute Gasteiger partial charge is 0.331 e. The maximum absolute atomic E-state index is 13.9. The molecule has 8 nitrogen and oxygen atoms in total. The number of carbonyl (C=O) groups is 1. The van der Waals surface area contributed by atoms with Gasteiger partial charge >= 0.3 is 5.97 Å². The molecule has 0 unspecified atom stereocenters. The Kier molecular flexibility index (Phi) is 4.85. The molecule has 0 amide bonds. The zero-order valence-corrected chi connectivity index (χ0v) is 20.2. The third-order valence-corrected chi connectivity index (χ3v) is 7.52. The highest BCUT2D eigenvalue weighted by Crippen LogP contribution is 2.48. The number of carboxylic acid groups (broad SMARTS) is 1. The van der Waals surface area contributed by atoms with Crippen molar-refractivity contribution < 1.29 is 19.0 Å². The second-order valence-electron chi connectivity index (χ2n) is 10.0. The van der Waals surface area contributed by atoms with Crippen LogP contribution in [0.2, 0.25) is 0 Å². The van der Waals surface area contributed by atoms with Gasteiger partial charge in [0.15, 0.2) is 5.54 Å². The van der Waals surface area contributed by atoms with Crippen molar-refractivity contribution in [3.8, 4) is 16.8 Å². The Labute approximate surface area is 206 Å². The van der Waals surface area contributed by atoms with Crippen LogP contribution in [0.5, 0.6) is 0 Å². The van der Waals surface area contributed by atoms with Crippen LogP contribution in [-0.2, 0) is 20.5 Å². The second-order valence-corrected chi connectivity index (χ2v) is 10.0. The summed E-state index contributed by atoms with van der Waals surface area (Å²) in [6.07, 6.45) is 6.14. The number of aliphatic carboxylic acids is 1. The fourth-order valence-corrected chi connectivity index (χ4v) is 5.09.